The molecule has 1 unspecified atom stereocenters. The van der Waals surface area contributed by atoms with Crippen LogP contribution in [0.25, 0.3) is 0 Å². The predicted molar refractivity (Wildman–Crippen MR) is 138 cm³/mol. The van der Waals surface area contributed by atoms with Crippen LogP contribution < -0.4 is 15.0 Å². The third-order valence-corrected chi connectivity index (χ3v) is 6.49. The van der Waals surface area contributed by atoms with Gasteiger partial charge in [0, 0.05) is 39.4 Å². The molecule has 0 saturated carbocycles. The number of fused-ring (bicyclic) bond motifs is 1. The molecule has 0 spiro atoms. The Balaban J connectivity index is 1.46. The molecule has 0 radical (unpaired) electrons. The van der Waals surface area contributed by atoms with Crippen LogP contribution in [0.1, 0.15) is 35.2 Å². The molecule has 0 saturated heterocycles. The zero-order valence-corrected chi connectivity index (χ0v) is 20.5. The Bertz CT molecular complexity index is 1080. The predicted octanol–water partition coefficient (Wildman–Crippen LogP) is 4.61. The van der Waals surface area contributed by atoms with Crippen LogP contribution in [0.2, 0.25) is 0 Å². The average molecular weight is 458 g/mol. The monoisotopic (exact) mass is 457 g/mol. The lowest BCUT2D eigenvalue weighted by atomic mass is 9.96. The minimum atomic E-state index is 0.0384. The number of benzene rings is 3. The van der Waals surface area contributed by atoms with Gasteiger partial charge in [-0.25, -0.2) is 0 Å². The highest BCUT2D eigenvalue weighted by molar-refractivity contribution is 5.78. The molecule has 5 heteroatoms. The minimum absolute atomic E-state index is 0.0384. The molecule has 0 aliphatic carbocycles. The molecule has 0 aromatic heterocycles. The number of amides is 1. The Morgan fingerprint density at radius 1 is 1.00 bits per heavy atom. The summed E-state index contributed by atoms with van der Waals surface area (Å²) in [5.41, 5.74) is 6.20. The second-order valence-corrected chi connectivity index (χ2v) is 9.05. The van der Waals surface area contributed by atoms with Gasteiger partial charge in [-0.3, -0.25) is 9.69 Å². The highest BCUT2D eigenvalue weighted by Gasteiger charge is 2.25. The first-order valence-corrected chi connectivity index (χ1v) is 12.1. The van der Waals surface area contributed by atoms with Crippen LogP contribution >= 0.6 is 0 Å². The number of hydrogen-bond acceptors (Lipinski definition) is 4. The van der Waals surface area contributed by atoms with Crippen molar-refractivity contribution in [2.75, 3.05) is 38.7 Å². The van der Waals surface area contributed by atoms with E-state index in [9.17, 15) is 4.79 Å². The first-order valence-electron chi connectivity index (χ1n) is 12.1. The van der Waals surface area contributed by atoms with Crippen LogP contribution in [0.3, 0.4) is 0 Å². The van der Waals surface area contributed by atoms with E-state index < -0.39 is 0 Å². The van der Waals surface area contributed by atoms with Crippen molar-refractivity contribution in [3.05, 3.63) is 95.1 Å². The minimum Gasteiger partial charge on any atom is -0.494 e. The first-order chi connectivity index (χ1) is 16.5. The van der Waals surface area contributed by atoms with Crippen molar-refractivity contribution in [2.45, 2.75) is 32.4 Å². The number of anilines is 1. The van der Waals surface area contributed by atoms with Gasteiger partial charge in [-0.1, -0.05) is 48.5 Å². The molecular formula is C29H35N3O2. The van der Waals surface area contributed by atoms with Gasteiger partial charge in [0.25, 0.3) is 0 Å². The van der Waals surface area contributed by atoms with Crippen molar-refractivity contribution < 1.29 is 9.53 Å². The normalized spacial score (nSPS) is 14.2. The third kappa shape index (κ3) is 5.97. The molecule has 3 aromatic carbocycles. The molecule has 5 nitrogen and oxygen atoms in total. The van der Waals surface area contributed by atoms with Crippen molar-refractivity contribution in [1.82, 2.24) is 10.2 Å². The molecule has 1 heterocycles. The van der Waals surface area contributed by atoms with Gasteiger partial charge in [0.15, 0.2) is 0 Å². The molecule has 1 aliphatic rings. The summed E-state index contributed by atoms with van der Waals surface area (Å²) in [7, 11) is 4.10. The number of nitrogens with one attached hydrogen (secondary N) is 1. The van der Waals surface area contributed by atoms with E-state index in [1.165, 1.54) is 22.4 Å². The van der Waals surface area contributed by atoms with Gasteiger partial charge in [0.1, 0.15) is 5.75 Å². The Morgan fingerprint density at radius 3 is 2.38 bits per heavy atom. The van der Waals surface area contributed by atoms with Crippen LogP contribution in [0.15, 0.2) is 72.8 Å². The first kappa shape index (κ1) is 23.8. The van der Waals surface area contributed by atoms with Crippen LogP contribution in [0, 0.1) is 0 Å². The molecule has 1 atom stereocenters. The largest absolute Gasteiger partial charge is 0.494 e. The second kappa shape index (κ2) is 11.2. The summed E-state index contributed by atoms with van der Waals surface area (Å²) in [6.45, 7) is 5.06. The fourth-order valence-corrected chi connectivity index (χ4v) is 4.56. The number of rotatable bonds is 9. The van der Waals surface area contributed by atoms with E-state index >= 15 is 0 Å². The molecule has 1 N–H and O–H groups in total. The van der Waals surface area contributed by atoms with Gasteiger partial charge in [-0.05, 0) is 59.9 Å². The topological polar surface area (TPSA) is 44.8 Å². The summed E-state index contributed by atoms with van der Waals surface area (Å²) >= 11 is 0. The SMILES string of the molecule is CCOc1ccc(CC(=O)NCC(c2ccc(N(C)C)cc2)N2CCc3ccccc3C2)cc1. The quantitative estimate of drug-likeness (QED) is 0.510. The zero-order chi connectivity index (χ0) is 23.9. The number of carbonyl (C=O) groups excluding carboxylic acids is 1. The molecule has 178 valence electrons. The lowest BCUT2D eigenvalue weighted by molar-refractivity contribution is -0.120. The highest BCUT2D eigenvalue weighted by atomic mass is 16.5. The molecule has 4 rings (SSSR count). The molecule has 0 bridgehead atoms. The maximum Gasteiger partial charge on any atom is 0.224 e. The zero-order valence-electron chi connectivity index (χ0n) is 20.5. The number of ether oxygens (including phenoxy) is 1. The van der Waals surface area contributed by atoms with Crippen molar-refractivity contribution >= 4 is 11.6 Å². The van der Waals surface area contributed by atoms with Crippen molar-refractivity contribution in [2.24, 2.45) is 0 Å². The summed E-state index contributed by atoms with van der Waals surface area (Å²) in [6, 6.07) is 25.3. The molecule has 3 aromatic rings. The van der Waals surface area contributed by atoms with Gasteiger partial charge in [0.2, 0.25) is 5.91 Å². The standard InChI is InChI=1S/C29H35N3O2/c1-4-34-27-15-9-22(10-16-27)19-29(33)30-20-28(24-11-13-26(14-12-24)31(2)3)32-18-17-23-7-5-6-8-25(23)21-32/h5-16,28H,4,17-21H2,1-3H3,(H,30,33). The molecule has 0 fully saturated rings. The Kier molecular flexibility index (Phi) is 7.86. The Morgan fingerprint density at radius 2 is 1.71 bits per heavy atom. The van der Waals surface area contributed by atoms with Gasteiger partial charge in [-0.2, -0.15) is 0 Å². The van der Waals surface area contributed by atoms with Gasteiger partial charge < -0.3 is 15.0 Å². The number of hydrogen-bond donors (Lipinski definition) is 1. The number of nitrogens with zero attached hydrogens (tertiary/aromatic N) is 2. The van der Waals surface area contributed by atoms with Gasteiger partial charge in [0.05, 0.1) is 19.1 Å². The van der Waals surface area contributed by atoms with E-state index in [1.54, 1.807) is 0 Å². The lowest BCUT2D eigenvalue weighted by Crippen LogP contribution is -2.41. The molecular weight excluding hydrogens is 422 g/mol. The van der Waals surface area contributed by atoms with Crippen LogP contribution in [-0.4, -0.2) is 44.6 Å². The van der Waals surface area contributed by atoms with Crippen molar-refractivity contribution in [3.8, 4) is 5.75 Å². The van der Waals surface area contributed by atoms with Crippen LogP contribution in [-0.2, 0) is 24.2 Å². The summed E-state index contributed by atoms with van der Waals surface area (Å²) in [4.78, 5) is 17.4. The van der Waals surface area contributed by atoms with E-state index in [0.717, 1.165) is 30.8 Å². The summed E-state index contributed by atoms with van der Waals surface area (Å²) in [5, 5.41) is 3.21. The average Bonchev–Trinajstić information content (AvgIpc) is 2.86. The smallest absolute Gasteiger partial charge is 0.224 e. The Hall–Kier alpha value is -3.31. The van der Waals surface area contributed by atoms with Crippen molar-refractivity contribution in [3.63, 3.8) is 0 Å². The maximum atomic E-state index is 12.8. The third-order valence-electron chi connectivity index (χ3n) is 6.49. The summed E-state index contributed by atoms with van der Waals surface area (Å²) in [6.07, 6.45) is 1.39. The van der Waals surface area contributed by atoms with Crippen LogP contribution in [0.5, 0.6) is 5.75 Å². The molecule has 1 amide bonds. The summed E-state index contributed by atoms with van der Waals surface area (Å²) in [5.74, 6) is 0.870. The van der Waals surface area contributed by atoms with Crippen molar-refractivity contribution in [1.29, 1.82) is 0 Å². The summed E-state index contributed by atoms with van der Waals surface area (Å²) < 4.78 is 5.50. The van der Waals surface area contributed by atoms with Gasteiger partial charge >= 0.3 is 0 Å². The van der Waals surface area contributed by atoms with E-state index in [2.05, 4.69) is 77.7 Å². The highest BCUT2D eigenvalue weighted by Crippen LogP contribution is 2.29. The van der Waals surface area contributed by atoms with E-state index in [-0.39, 0.29) is 11.9 Å². The fraction of sp³-hybridized carbons (Fsp3) is 0.345. The van der Waals surface area contributed by atoms with Crippen LogP contribution in [0.4, 0.5) is 5.69 Å². The molecule has 1 aliphatic heterocycles. The van der Waals surface area contributed by atoms with E-state index in [4.69, 9.17) is 4.74 Å². The molecule has 34 heavy (non-hydrogen) atoms. The Labute approximate surface area is 203 Å². The van der Waals surface area contributed by atoms with Gasteiger partial charge in [-0.15, -0.1) is 0 Å². The lowest BCUT2D eigenvalue weighted by Gasteiger charge is -2.36. The maximum absolute atomic E-state index is 12.8. The number of carbonyl (C=O) groups is 1. The second-order valence-electron chi connectivity index (χ2n) is 9.05. The van der Waals surface area contributed by atoms with E-state index in [0.29, 0.717) is 19.6 Å². The fourth-order valence-electron chi connectivity index (χ4n) is 4.56. The van der Waals surface area contributed by atoms with E-state index in [1.807, 2.05) is 31.2 Å².